The summed E-state index contributed by atoms with van der Waals surface area (Å²) in [5.41, 5.74) is 4.95. The molecule has 0 atom stereocenters. The second kappa shape index (κ2) is 7.49. The van der Waals surface area contributed by atoms with Crippen molar-refractivity contribution in [3.05, 3.63) is 105 Å². The van der Waals surface area contributed by atoms with Crippen LogP contribution in [0.3, 0.4) is 0 Å². The third kappa shape index (κ3) is 3.17. The van der Waals surface area contributed by atoms with Crippen molar-refractivity contribution >= 4 is 11.6 Å². The molecule has 5 rings (SSSR count). The van der Waals surface area contributed by atoms with Crippen LogP contribution in [0.1, 0.15) is 32.7 Å². The molecular formula is C24H21N5O3. The topological polar surface area (TPSA) is 86.2 Å². The second-order valence-electron chi connectivity index (χ2n) is 7.96. The van der Waals surface area contributed by atoms with Crippen molar-refractivity contribution in [3.63, 3.8) is 0 Å². The summed E-state index contributed by atoms with van der Waals surface area (Å²) in [6.45, 7) is 4.77. The zero-order valence-corrected chi connectivity index (χ0v) is 17.7. The van der Waals surface area contributed by atoms with Gasteiger partial charge in [0.25, 0.3) is 11.6 Å². The van der Waals surface area contributed by atoms with Gasteiger partial charge in [0.05, 0.1) is 29.4 Å². The lowest BCUT2D eigenvalue weighted by Crippen LogP contribution is -2.27. The Labute approximate surface area is 184 Å². The number of nitro groups is 1. The van der Waals surface area contributed by atoms with E-state index in [1.54, 1.807) is 17.0 Å². The Morgan fingerprint density at radius 1 is 1.00 bits per heavy atom. The maximum Gasteiger partial charge on any atom is 0.282 e. The van der Waals surface area contributed by atoms with Crippen LogP contribution in [0.4, 0.5) is 5.69 Å². The summed E-state index contributed by atoms with van der Waals surface area (Å²) in [4.78, 5) is 25.6. The third-order valence-corrected chi connectivity index (χ3v) is 5.93. The number of fused-ring (bicyclic) bond motifs is 1. The standard InChI is InChI=1S/C24H21N5O3/c1-16-9-10-18(13-17(16)2)28-23(26-11-5-6-12-26)20-14-27(15-21(20)25-28)24(30)19-7-3-4-8-22(19)29(31)32/h3-13H,14-15H2,1-2H3. The molecule has 0 spiro atoms. The van der Waals surface area contributed by atoms with E-state index in [0.29, 0.717) is 13.1 Å². The maximum atomic E-state index is 13.2. The number of carbonyl (C=O) groups excluding carboxylic acids is 1. The number of nitro benzene ring substituents is 1. The predicted octanol–water partition coefficient (Wildman–Crippen LogP) is 4.34. The SMILES string of the molecule is Cc1ccc(-n2nc3c(c2-n2cccc2)CN(C(=O)c2ccccc2[N+](=O)[O-])C3)cc1C. The van der Waals surface area contributed by atoms with Gasteiger partial charge >= 0.3 is 0 Å². The highest BCUT2D eigenvalue weighted by molar-refractivity contribution is 5.98. The van der Waals surface area contributed by atoms with E-state index in [1.165, 1.54) is 23.3 Å². The van der Waals surface area contributed by atoms with Gasteiger partial charge in [0.2, 0.25) is 0 Å². The van der Waals surface area contributed by atoms with Gasteiger partial charge in [0.15, 0.2) is 0 Å². The first-order chi connectivity index (χ1) is 15.4. The first kappa shape index (κ1) is 19.7. The summed E-state index contributed by atoms with van der Waals surface area (Å²) < 4.78 is 3.89. The summed E-state index contributed by atoms with van der Waals surface area (Å²) in [6.07, 6.45) is 3.89. The van der Waals surface area contributed by atoms with Gasteiger partial charge in [-0.1, -0.05) is 18.2 Å². The lowest BCUT2D eigenvalue weighted by molar-refractivity contribution is -0.385. The molecule has 1 aliphatic rings. The summed E-state index contributed by atoms with van der Waals surface area (Å²) in [7, 11) is 0. The molecule has 32 heavy (non-hydrogen) atoms. The molecule has 0 unspecified atom stereocenters. The lowest BCUT2D eigenvalue weighted by Gasteiger charge is -2.18. The molecule has 8 heteroatoms. The number of aryl methyl sites for hydroxylation is 2. The molecule has 0 fully saturated rings. The highest BCUT2D eigenvalue weighted by Gasteiger charge is 2.34. The number of para-hydroxylation sites is 1. The molecule has 0 radical (unpaired) electrons. The molecule has 0 aliphatic carbocycles. The Balaban J connectivity index is 1.55. The van der Waals surface area contributed by atoms with Gasteiger partial charge in [-0.15, -0.1) is 0 Å². The fourth-order valence-corrected chi connectivity index (χ4v) is 4.11. The number of hydrogen-bond donors (Lipinski definition) is 0. The van der Waals surface area contributed by atoms with Crippen LogP contribution in [-0.4, -0.2) is 30.1 Å². The smallest absolute Gasteiger partial charge is 0.282 e. The predicted molar refractivity (Wildman–Crippen MR) is 119 cm³/mol. The molecule has 0 bridgehead atoms. The molecule has 0 N–H and O–H groups in total. The van der Waals surface area contributed by atoms with Gasteiger partial charge in [0, 0.05) is 24.0 Å². The molecule has 2 aromatic carbocycles. The zero-order valence-electron chi connectivity index (χ0n) is 17.7. The Bertz CT molecular complexity index is 1350. The van der Waals surface area contributed by atoms with Crippen LogP contribution >= 0.6 is 0 Å². The highest BCUT2D eigenvalue weighted by atomic mass is 16.6. The number of amides is 1. The van der Waals surface area contributed by atoms with E-state index in [4.69, 9.17) is 5.10 Å². The van der Waals surface area contributed by atoms with Crippen LogP contribution in [0.15, 0.2) is 67.0 Å². The Kier molecular flexibility index (Phi) is 4.62. The van der Waals surface area contributed by atoms with Crippen molar-refractivity contribution in [1.82, 2.24) is 19.2 Å². The van der Waals surface area contributed by atoms with Gasteiger partial charge < -0.3 is 9.47 Å². The summed E-state index contributed by atoms with van der Waals surface area (Å²) in [5, 5.41) is 16.2. The quantitative estimate of drug-likeness (QED) is 0.358. The van der Waals surface area contributed by atoms with Gasteiger partial charge in [0.1, 0.15) is 11.4 Å². The van der Waals surface area contributed by atoms with E-state index >= 15 is 0 Å². The normalized spacial score (nSPS) is 12.8. The number of nitrogens with zero attached hydrogens (tertiary/aromatic N) is 5. The molecule has 160 valence electrons. The summed E-state index contributed by atoms with van der Waals surface area (Å²) in [5.74, 6) is 0.498. The lowest BCUT2D eigenvalue weighted by atomic mass is 10.1. The van der Waals surface area contributed by atoms with Crippen LogP contribution in [0, 0.1) is 24.0 Å². The Morgan fingerprint density at radius 3 is 2.47 bits per heavy atom. The monoisotopic (exact) mass is 427 g/mol. The maximum absolute atomic E-state index is 13.2. The highest BCUT2D eigenvalue weighted by Crippen LogP contribution is 2.32. The van der Waals surface area contributed by atoms with Crippen LogP contribution < -0.4 is 0 Å². The minimum absolute atomic E-state index is 0.0900. The van der Waals surface area contributed by atoms with Gasteiger partial charge in [-0.05, 0) is 55.3 Å². The van der Waals surface area contributed by atoms with Gasteiger partial charge in [-0.2, -0.15) is 5.10 Å². The minimum atomic E-state index is -0.520. The average molecular weight is 427 g/mol. The second-order valence-corrected chi connectivity index (χ2v) is 7.96. The van der Waals surface area contributed by atoms with Crippen molar-refractivity contribution < 1.29 is 9.72 Å². The molecule has 2 aromatic heterocycles. The van der Waals surface area contributed by atoms with Gasteiger partial charge in [-0.3, -0.25) is 14.9 Å². The third-order valence-electron chi connectivity index (χ3n) is 5.93. The summed E-state index contributed by atoms with van der Waals surface area (Å²) in [6, 6.07) is 16.1. The fourth-order valence-electron chi connectivity index (χ4n) is 4.11. The van der Waals surface area contributed by atoms with E-state index < -0.39 is 4.92 Å². The van der Waals surface area contributed by atoms with Crippen LogP contribution in [0.5, 0.6) is 0 Å². The number of hydrogen-bond acceptors (Lipinski definition) is 4. The molecular weight excluding hydrogens is 406 g/mol. The largest absolute Gasteiger partial charge is 0.328 e. The molecule has 4 aromatic rings. The number of carbonyl (C=O) groups is 1. The van der Waals surface area contributed by atoms with Crippen molar-refractivity contribution in [2.45, 2.75) is 26.9 Å². The van der Waals surface area contributed by atoms with Crippen molar-refractivity contribution in [2.75, 3.05) is 0 Å². The van der Waals surface area contributed by atoms with Crippen molar-refractivity contribution in [3.8, 4) is 11.5 Å². The van der Waals surface area contributed by atoms with Crippen molar-refractivity contribution in [1.29, 1.82) is 0 Å². The molecule has 0 saturated heterocycles. The van der Waals surface area contributed by atoms with Gasteiger partial charge in [-0.25, -0.2) is 4.68 Å². The van der Waals surface area contributed by atoms with E-state index in [0.717, 1.165) is 22.8 Å². The van der Waals surface area contributed by atoms with Crippen LogP contribution in [0.25, 0.3) is 11.5 Å². The number of aromatic nitrogens is 3. The first-order valence-electron chi connectivity index (χ1n) is 10.3. The summed E-state index contributed by atoms with van der Waals surface area (Å²) >= 11 is 0. The first-order valence-corrected chi connectivity index (χ1v) is 10.3. The van der Waals surface area contributed by atoms with Crippen molar-refractivity contribution in [2.24, 2.45) is 0 Å². The molecule has 3 heterocycles. The molecule has 0 saturated carbocycles. The zero-order chi connectivity index (χ0) is 22.4. The molecule has 1 aliphatic heterocycles. The number of rotatable bonds is 4. The van der Waals surface area contributed by atoms with Crippen LogP contribution in [-0.2, 0) is 13.1 Å². The average Bonchev–Trinajstić information content (AvgIpc) is 3.51. The Morgan fingerprint density at radius 2 is 1.75 bits per heavy atom. The Hall–Kier alpha value is -4.20. The fraction of sp³-hybridized carbons (Fsp3) is 0.167. The molecule has 1 amide bonds. The van der Waals surface area contributed by atoms with E-state index in [2.05, 4.69) is 26.0 Å². The minimum Gasteiger partial charge on any atom is -0.328 e. The molecule has 8 nitrogen and oxygen atoms in total. The number of benzene rings is 2. The van der Waals surface area contributed by atoms with Crippen LogP contribution in [0.2, 0.25) is 0 Å². The van der Waals surface area contributed by atoms with E-state index in [9.17, 15) is 14.9 Å². The van der Waals surface area contributed by atoms with E-state index in [-0.39, 0.29) is 17.2 Å². The van der Waals surface area contributed by atoms with E-state index in [1.807, 2.05) is 39.8 Å².